The minimum atomic E-state index is -0.231. The van der Waals surface area contributed by atoms with Crippen molar-refractivity contribution in [2.45, 2.75) is 6.54 Å². The van der Waals surface area contributed by atoms with E-state index in [2.05, 4.69) is 15.4 Å². The van der Waals surface area contributed by atoms with Crippen LogP contribution in [0.5, 0.6) is 0 Å². The van der Waals surface area contributed by atoms with Crippen molar-refractivity contribution in [2.75, 3.05) is 0 Å². The Labute approximate surface area is 164 Å². The van der Waals surface area contributed by atoms with E-state index in [9.17, 15) is 9.59 Å². The summed E-state index contributed by atoms with van der Waals surface area (Å²) >= 11 is 0. The Kier molecular flexibility index (Phi) is 3.98. The van der Waals surface area contributed by atoms with Crippen molar-refractivity contribution in [1.29, 1.82) is 0 Å². The number of furan rings is 1. The highest BCUT2D eigenvalue weighted by molar-refractivity contribution is 6.06. The number of nitrogens with zero attached hydrogens (tertiary/aromatic N) is 2. The minimum Gasteiger partial charge on any atom is -0.467 e. The maximum Gasteiger partial charge on any atom is 0.280 e. The molecule has 0 unspecified atom stereocenters. The zero-order valence-corrected chi connectivity index (χ0v) is 15.3. The van der Waals surface area contributed by atoms with Crippen molar-refractivity contribution in [3.63, 3.8) is 0 Å². The standard InChI is InChI=1S/C22H16N4O3/c27-21(24-12-16-7-4-10-29-16)14-8-9-19-17(11-14)20-18(13-23-19)22(28)26(25-20)15-5-2-1-3-6-15/h1-11,13,25H,12H2,(H,24,27). The van der Waals surface area contributed by atoms with Gasteiger partial charge in [0.05, 0.1) is 34.9 Å². The number of carbonyl (C=O) groups is 1. The maximum atomic E-state index is 12.8. The summed E-state index contributed by atoms with van der Waals surface area (Å²) in [6.45, 7) is 0.299. The molecule has 7 nitrogen and oxygen atoms in total. The van der Waals surface area contributed by atoms with Gasteiger partial charge in [-0.2, -0.15) is 0 Å². The van der Waals surface area contributed by atoms with E-state index < -0.39 is 0 Å². The molecule has 0 aliphatic heterocycles. The summed E-state index contributed by atoms with van der Waals surface area (Å²) in [5.74, 6) is 0.442. The topological polar surface area (TPSA) is 92.9 Å². The lowest BCUT2D eigenvalue weighted by molar-refractivity contribution is 0.0948. The predicted molar refractivity (Wildman–Crippen MR) is 109 cm³/mol. The van der Waals surface area contributed by atoms with Gasteiger partial charge in [-0.1, -0.05) is 18.2 Å². The molecule has 0 atom stereocenters. The van der Waals surface area contributed by atoms with Gasteiger partial charge in [0.25, 0.3) is 11.5 Å². The van der Waals surface area contributed by atoms with Gasteiger partial charge in [-0.05, 0) is 42.5 Å². The molecule has 3 heterocycles. The van der Waals surface area contributed by atoms with Gasteiger partial charge in [-0.25, -0.2) is 4.68 Å². The third kappa shape index (κ3) is 2.98. The van der Waals surface area contributed by atoms with E-state index in [4.69, 9.17) is 4.42 Å². The van der Waals surface area contributed by atoms with Gasteiger partial charge in [0.15, 0.2) is 0 Å². The third-order valence-corrected chi connectivity index (χ3v) is 4.80. The second kappa shape index (κ2) is 6.79. The molecule has 0 radical (unpaired) electrons. The number of H-pyrrole nitrogens is 1. The van der Waals surface area contributed by atoms with Crippen LogP contribution in [0.2, 0.25) is 0 Å². The van der Waals surface area contributed by atoms with Crippen molar-refractivity contribution in [3.05, 3.63) is 94.8 Å². The Morgan fingerprint density at radius 3 is 2.72 bits per heavy atom. The molecule has 29 heavy (non-hydrogen) atoms. The number of para-hydroxylation sites is 1. The van der Waals surface area contributed by atoms with Gasteiger partial charge in [-0.3, -0.25) is 19.7 Å². The highest BCUT2D eigenvalue weighted by Crippen LogP contribution is 2.22. The third-order valence-electron chi connectivity index (χ3n) is 4.80. The van der Waals surface area contributed by atoms with E-state index in [1.807, 2.05) is 30.3 Å². The molecule has 0 saturated heterocycles. The summed E-state index contributed by atoms with van der Waals surface area (Å²) in [4.78, 5) is 29.8. The molecule has 0 aliphatic rings. The molecule has 0 bridgehead atoms. The molecule has 5 aromatic rings. The first-order valence-electron chi connectivity index (χ1n) is 9.10. The Morgan fingerprint density at radius 1 is 1.07 bits per heavy atom. The van der Waals surface area contributed by atoms with Gasteiger partial charge in [-0.15, -0.1) is 0 Å². The maximum absolute atomic E-state index is 12.8. The molecule has 7 heteroatoms. The first-order valence-corrected chi connectivity index (χ1v) is 9.10. The number of hydrogen-bond acceptors (Lipinski definition) is 4. The summed E-state index contributed by atoms with van der Waals surface area (Å²) < 4.78 is 6.72. The molecule has 0 aliphatic carbocycles. The smallest absolute Gasteiger partial charge is 0.280 e. The van der Waals surface area contributed by atoms with Gasteiger partial charge in [0.2, 0.25) is 0 Å². The summed E-state index contributed by atoms with van der Waals surface area (Å²) in [7, 11) is 0. The molecule has 0 saturated carbocycles. The summed E-state index contributed by atoms with van der Waals surface area (Å²) in [5, 5.41) is 7.16. The number of hydrogen-bond donors (Lipinski definition) is 2. The largest absolute Gasteiger partial charge is 0.467 e. The fourth-order valence-electron chi connectivity index (χ4n) is 3.34. The molecule has 2 aromatic carbocycles. The number of rotatable bonds is 4. The summed E-state index contributed by atoms with van der Waals surface area (Å²) in [6, 6.07) is 18.1. The van der Waals surface area contributed by atoms with Crippen LogP contribution in [0.15, 0.2) is 82.3 Å². The van der Waals surface area contributed by atoms with Crippen molar-refractivity contribution >= 4 is 27.7 Å². The monoisotopic (exact) mass is 384 g/mol. The SMILES string of the molecule is O=C(NCc1ccco1)c1ccc2ncc3c(=O)n(-c4ccccc4)[nH]c3c2c1. The van der Waals surface area contributed by atoms with Crippen LogP contribution in [0, 0.1) is 0 Å². The second-order valence-corrected chi connectivity index (χ2v) is 6.63. The number of aromatic amines is 1. The average Bonchev–Trinajstić information content (AvgIpc) is 3.40. The molecule has 0 spiro atoms. The Balaban J connectivity index is 1.58. The van der Waals surface area contributed by atoms with E-state index in [-0.39, 0.29) is 11.5 Å². The number of pyridine rings is 1. The van der Waals surface area contributed by atoms with Gasteiger partial charge in [0, 0.05) is 17.1 Å². The van der Waals surface area contributed by atoms with E-state index in [0.29, 0.717) is 39.7 Å². The summed E-state index contributed by atoms with van der Waals surface area (Å²) in [6.07, 6.45) is 3.13. The molecular formula is C22H16N4O3. The van der Waals surface area contributed by atoms with Crippen molar-refractivity contribution in [1.82, 2.24) is 20.1 Å². The molecule has 2 N–H and O–H groups in total. The van der Waals surface area contributed by atoms with Crippen molar-refractivity contribution < 1.29 is 9.21 Å². The van der Waals surface area contributed by atoms with E-state index >= 15 is 0 Å². The van der Waals surface area contributed by atoms with Crippen LogP contribution in [-0.2, 0) is 6.54 Å². The van der Waals surface area contributed by atoms with Crippen LogP contribution < -0.4 is 10.9 Å². The predicted octanol–water partition coefficient (Wildman–Crippen LogP) is 3.39. The molecule has 1 amide bonds. The van der Waals surface area contributed by atoms with Crippen LogP contribution in [0.4, 0.5) is 0 Å². The average molecular weight is 384 g/mol. The van der Waals surface area contributed by atoms with Crippen molar-refractivity contribution in [3.8, 4) is 5.69 Å². The first-order chi connectivity index (χ1) is 14.2. The Hall–Kier alpha value is -4.13. The van der Waals surface area contributed by atoms with E-state index in [1.54, 1.807) is 42.8 Å². The van der Waals surface area contributed by atoms with E-state index in [0.717, 1.165) is 5.69 Å². The zero-order valence-electron chi connectivity index (χ0n) is 15.3. The minimum absolute atomic E-state index is 0.187. The van der Waals surface area contributed by atoms with Gasteiger partial charge < -0.3 is 9.73 Å². The lowest BCUT2D eigenvalue weighted by Crippen LogP contribution is -2.22. The Bertz CT molecular complexity index is 1380. The summed E-state index contributed by atoms with van der Waals surface area (Å²) in [5.41, 5.74) is 2.36. The number of fused-ring (bicyclic) bond motifs is 3. The lowest BCUT2D eigenvalue weighted by Gasteiger charge is -2.05. The zero-order chi connectivity index (χ0) is 19.8. The van der Waals surface area contributed by atoms with Crippen molar-refractivity contribution in [2.24, 2.45) is 0 Å². The fourth-order valence-corrected chi connectivity index (χ4v) is 3.34. The Morgan fingerprint density at radius 2 is 1.93 bits per heavy atom. The number of aromatic nitrogens is 3. The number of benzene rings is 2. The highest BCUT2D eigenvalue weighted by atomic mass is 16.3. The molecule has 3 aromatic heterocycles. The second-order valence-electron chi connectivity index (χ2n) is 6.63. The lowest BCUT2D eigenvalue weighted by atomic mass is 10.1. The quantitative estimate of drug-likeness (QED) is 0.497. The molecule has 0 fully saturated rings. The normalized spacial score (nSPS) is 11.2. The molecule has 142 valence electrons. The van der Waals surface area contributed by atoms with Gasteiger partial charge >= 0.3 is 0 Å². The van der Waals surface area contributed by atoms with Crippen LogP contribution in [0.25, 0.3) is 27.5 Å². The van der Waals surface area contributed by atoms with Crippen LogP contribution >= 0.6 is 0 Å². The molecule has 5 rings (SSSR count). The highest BCUT2D eigenvalue weighted by Gasteiger charge is 2.14. The number of amides is 1. The first kappa shape index (κ1) is 17.0. The van der Waals surface area contributed by atoms with E-state index in [1.165, 1.54) is 4.68 Å². The van der Waals surface area contributed by atoms with Crippen LogP contribution in [0.1, 0.15) is 16.1 Å². The fraction of sp³-hybridized carbons (Fsp3) is 0.0455. The van der Waals surface area contributed by atoms with Gasteiger partial charge in [0.1, 0.15) is 5.76 Å². The van der Waals surface area contributed by atoms with Crippen LogP contribution in [-0.4, -0.2) is 20.7 Å². The van der Waals surface area contributed by atoms with Crippen LogP contribution in [0.3, 0.4) is 0 Å². The number of carbonyl (C=O) groups excluding carboxylic acids is 1. The number of nitrogens with one attached hydrogen (secondary N) is 2. The molecular weight excluding hydrogens is 368 g/mol.